The first-order valence-corrected chi connectivity index (χ1v) is 6.53. The lowest BCUT2D eigenvalue weighted by Gasteiger charge is -2.20. The van der Waals surface area contributed by atoms with Crippen LogP contribution in [0.15, 0.2) is 0 Å². The number of β-amino-alcohol motifs (C(OH)–C–C–N with tert-alkyl or cyclic N) is 1. The van der Waals surface area contributed by atoms with Gasteiger partial charge in [-0.1, -0.05) is 6.92 Å². The zero-order valence-corrected chi connectivity index (χ0v) is 11.8. The molecule has 3 atom stereocenters. The zero-order chi connectivity index (χ0) is 13.7. The predicted molar refractivity (Wildman–Crippen MR) is 68.2 cm³/mol. The average molecular weight is 259 g/mol. The molecule has 1 rings (SSSR count). The van der Waals surface area contributed by atoms with E-state index in [4.69, 9.17) is 9.47 Å². The monoisotopic (exact) mass is 259 g/mol. The van der Waals surface area contributed by atoms with Gasteiger partial charge in [0.25, 0.3) is 0 Å². The highest BCUT2D eigenvalue weighted by Gasteiger charge is 2.35. The van der Waals surface area contributed by atoms with Gasteiger partial charge in [0.05, 0.1) is 31.8 Å². The van der Waals surface area contributed by atoms with Crippen molar-refractivity contribution in [1.82, 2.24) is 4.90 Å². The average Bonchev–Trinajstić information content (AvgIpc) is 2.66. The van der Waals surface area contributed by atoms with Crippen molar-refractivity contribution in [3.8, 4) is 0 Å². The number of carbonyl (C=O) groups is 1. The largest absolute Gasteiger partial charge is 0.469 e. The quantitative estimate of drug-likeness (QED) is 0.704. The fourth-order valence-corrected chi connectivity index (χ4v) is 2.33. The Morgan fingerprint density at radius 3 is 2.67 bits per heavy atom. The van der Waals surface area contributed by atoms with Crippen LogP contribution in [0.25, 0.3) is 0 Å². The maximum Gasteiger partial charge on any atom is 0.310 e. The molecule has 1 aliphatic rings. The molecule has 0 aliphatic carbocycles. The maximum atomic E-state index is 11.5. The molecule has 0 saturated carbocycles. The van der Waals surface area contributed by atoms with Gasteiger partial charge in [-0.3, -0.25) is 9.69 Å². The number of hydrogen-bond acceptors (Lipinski definition) is 5. The topological polar surface area (TPSA) is 59.0 Å². The highest BCUT2D eigenvalue weighted by molar-refractivity contribution is 5.73. The molecule has 1 heterocycles. The SMILES string of the molecule is COC(=O)C1CN(CC(O)COC(C)C)CC1C. The third-order valence-electron chi connectivity index (χ3n) is 3.28. The molecule has 3 unspecified atom stereocenters. The second-order valence-corrected chi connectivity index (χ2v) is 5.36. The number of nitrogens with zero attached hydrogens (tertiary/aromatic N) is 1. The van der Waals surface area contributed by atoms with Crippen molar-refractivity contribution >= 4 is 5.97 Å². The minimum Gasteiger partial charge on any atom is -0.469 e. The number of likely N-dealkylation sites (tertiary alicyclic amines) is 1. The Kier molecular flexibility index (Phi) is 6.05. The molecule has 1 fully saturated rings. The molecule has 106 valence electrons. The Balaban J connectivity index is 2.34. The molecule has 0 aromatic heterocycles. The van der Waals surface area contributed by atoms with Crippen LogP contribution >= 0.6 is 0 Å². The minimum atomic E-state index is -0.504. The lowest BCUT2D eigenvalue weighted by molar-refractivity contribution is -0.146. The summed E-state index contributed by atoms with van der Waals surface area (Å²) in [6.07, 6.45) is -0.379. The van der Waals surface area contributed by atoms with Gasteiger partial charge in [0.2, 0.25) is 0 Å². The van der Waals surface area contributed by atoms with E-state index in [1.807, 2.05) is 20.8 Å². The number of hydrogen-bond donors (Lipinski definition) is 1. The van der Waals surface area contributed by atoms with Gasteiger partial charge >= 0.3 is 5.97 Å². The second kappa shape index (κ2) is 7.07. The van der Waals surface area contributed by atoms with Gasteiger partial charge in [-0.05, 0) is 19.8 Å². The molecule has 18 heavy (non-hydrogen) atoms. The summed E-state index contributed by atoms with van der Waals surface area (Å²) in [5.41, 5.74) is 0. The van der Waals surface area contributed by atoms with Gasteiger partial charge in [0.1, 0.15) is 0 Å². The molecular weight excluding hydrogens is 234 g/mol. The number of carbonyl (C=O) groups excluding carboxylic acids is 1. The van der Waals surface area contributed by atoms with Crippen molar-refractivity contribution < 1.29 is 19.4 Å². The van der Waals surface area contributed by atoms with Gasteiger partial charge in [0, 0.05) is 19.6 Å². The summed E-state index contributed by atoms with van der Waals surface area (Å²) in [4.78, 5) is 13.6. The molecular formula is C13H25NO4. The highest BCUT2D eigenvalue weighted by atomic mass is 16.5. The minimum absolute atomic E-state index is 0.0757. The Morgan fingerprint density at radius 2 is 2.11 bits per heavy atom. The molecule has 1 saturated heterocycles. The van der Waals surface area contributed by atoms with E-state index in [1.165, 1.54) is 7.11 Å². The van der Waals surface area contributed by atoms with Crippen molar-refractivity contribution in [1.29, 1.82) is 0 Å². The molecule has 5 heteroatoms. The van der Waals surface area contributed by atoms with Crippen LogP contribution in [0.3, 0.4) is 0 Å². The van der Waals surface area contributed by atoms with E-state index in [-0.39, 0.29) is 23.9 Å². The zero-order valence-electron chi connectivity index (χ0n) is 11.8. The summed E-state index contributed by atoms with van der Waals surface area (Å²) in [5, 5.41) is 9.84. The summed E-state index contributed by atoms with van der Waals surface area (Å²) in [7, 11) is 1.42. The summed E-state index contributed by atoms with van der Waals surface area (Å²) < 4.78 is 10.2. The van der Waals surface area contributed by atoms with Gasteiger partial charge < -0.3 is 14.6 Å². The Morgan fingerprint density at radius 1 is 1.44 bits per heavy atom. The normalized spacial score (nSPS) is 26.6. The van der Waals surface area contributed by atoms with Crippen LogP contribution in [0.2, 0.25) is 0 Å². The number of esters is 1. The molecule has 0 amide bonds. The number of ether oxygens (including phenoxy) is 2. The van der Waals surface area contributed by atoms with E-state index in [1.54, 1.807) is 0 Å². The maximum absolute atomic E-state index is 11.5. The van der Waals surface area contributed by atoms with Gasteiger partial charge in [-0.2, -0.15) is 0 Å². The van der Waals surface area contributed by atoms with Gasteiger partial charge in [-0.25, -0.2) is 0 Å². The van der Waals surface area contributed by atoms with E-state index in [0.29, 0.717) is 19.7 Å². The molecule has 5 nitrogen and oxygen atoms in total. The van der Waals surface area contributed by atoms with Crippen LogP contribution in [0.1, 0.15) is 20.8 Å². The number of aliphatic hydroxyl groups is 1. The van der Waals surface area contributed by atoms with Crippen molar-refractivity contribution in [3.05, 3.63) is 0 Å². The molecule has 0 aromatic carbocycles. The van der Waals surface area contributed by atoms with E-state index < -0.39 is 6.10 Å². The fraction of sp³-hybridized carbons (Fsp3) is 0.923. The molecule has 0 bridgehead atoms. The van der Waals surface area contributed by atoms with E-state index in [0.717, 1.165) is 6.54 Å². The first-order valence-electron chi connectivity index (χ1n) is 6.53. The summed E-state index contributed by atoms with van der Waals surface area (Å²) in [6, 6.07) is 0. The third kappa shape index (κ3) is 4.55. The van der Waals surface area contributed by atoms with E-state index >= 15 is 0 Å². The van der Waals surface area contributed by atoms with E-state index in [2.05, 4.69) is 4.90 Å². The first kappa shape index (κ1) is 15.4. The standard InChI is InChI=1S/C13H25NO4/c1-9(2)18-8-11(15)6-14-5-10(3)12(7-14)13(16)17-4/h9-12,15H,5-8H2,1-4H3. The van der Waals surface area contributed by atoms with Crippen LogP contribution in [0.4, 0.5) is 0 Å². The summed E-state index contributed by atoms with van der Waals surface area (Å²) in [6.45, 7) is 8.29. The predicted octanol–water partition coefficient (Wildman–Crippen LogP) is 0.513. The smallest absolute Gasteiger partial charge is 0.310 e. The highest BCUT2D eigenvalue weighted by Crippen LogP contribution is 2.24. The first-order chi connectivity index (χ1) is 8.43. The second-order valence-electron chi connectivity index (χ2n) is 5.36. The summed E-state index contributed by atoms with van der Waals surface area (Å²) >= 11 is 0. The Bertz CT molecular complexity index is 270. The number of methoxy groups -OCH3 is 1. The molecule has 1 aliphatic heterocycles. The molecule has 0 aromatic rings. The summed E-state index contributed by atoms with van der Waals surface area (Å²) in [5.74, 6) is 0.0433. The third-order valence-corrected chi connectivity index (χ3v) is 3.28. The van der Waals surface area contributed by atoms with Crippen molar-refractivity contribution in [3.63, 3.8) is 0 Å². The van der Waals surface area contributed by atoms with Crippen LogP contribution < -0.4 is 0 Å². The van der Waals surface area contributed by atoms with Crippen LogP contribution in [0.5, 0.6) is 0 Å². The number of aliphatic hydroxyl groups excluding tert-OH is 1. The molecule has 0 spiro atoms. The lowest BCUT2D eigenvalue weighted by atomic mass is 9.99. The fourth-order valence-electron chi connectivity index (χ4n) is 2.33. The number of rotatable bonds is 6. The Labute approximate surface area is 109 Å². The lowest BCUT2D eigenvalue weighted by Crippen LogP contribution is -2.34. The van der Waals surface area contributed by atoms with Crippen molar-refractivity contribution in [2.45, 2.75) is 33.0 Å². The van der Waals surface area contributed by atoms with Crippen molar-refractivity contribution in [2.24, 2.45) is 11.8 Å². The van der Waals surface area contributed by atoms with Crippen LogP contribution in [-0.2, 0) is 14.3 Å². The van der Waals surface area contributed by atoms with E-state index in [9.17, 15) is 9.90 Å². The van der Waals surface area contributed by atoms with Crippen LogP contribution in [0, 0.1) is 11.8 Å². The van der Waals surface area contributed by atoms with Gasteiger partial charge in [0.15, 0.2) is 0 Å². The Hall–Kier alpha value is -0.650. The molecule has 0 radical (unpaired) electrons. The molecule has 1 N–H and O–H groups in total. The van der Waals surface area contributed by atoms with Crippen LogP contribution in [-0.4, -0.2) is 61.5 Å². The van der Waals surface area contributed by atoms with Gasteiger partial charge in [-0.15, -0.1) is 0 Å². The van der Waals surface area contributed by atoms with Crippen molar-refractivity contribution in [2.75, 3.05) is 33.4 Å².